The number of hydrogen-bond acceptors (Lipinski definition) is 0. The van der Waals surface area contributed by atoms with Crippen molar-refractivity contribution in [3.8, 4) is 0 Å². The van der Waals surface area contributed by atoms with Crippen LogP contribution >= 0.6 is 0 Å². The van der Waals surface area contributed by atoms with Gasteiger partial charge in [0.2, 0.25) is 0 Å². The molecule has 0 aliphatic carbocycles. The van der Waals surface area contributed by atoms with Crippen LogP contribution in [0.2, 0.25) is 0 Å². The first-order valence-electron chi connectivity index (χ1n) is 4.58. The molecule has 0 fully saturated rings. The fourth-order valence-corrected chi connectivity index (χ4v) is 1.25. The Labute approximate surface area is 71.0 Å². The van der Waals surface area contributed by atoms with Gasteiger partial charge < -0.3 is 0 Å². The van der Waals surface area contributed by atoms with Gasteiger partial charge in [-0.1, -0.05) is 38.0 Å². The molecule has 0 radical (unpaired) electrons. The van der Waals surface area contributed by atoms with Gasteiger partial charge in [-0.25, -0.2) is 0 Å². The Morgan fingerprint density at radius 3 is 2.64 bits per heavy atom. The van der Waals surface area contributed by atoms with Crippen LogP contribution in [-0.2, 0) is 0 Å². The van der Waals surface area contributed by atoms with E-state index in [0.29, 0.717) is 0 Å². The topological polar surface area (TPSA) is 0 Å². The third kappa shape index (κ3) is 5.90. The second-order valence-corrected chi connectivity index (χ2v) is 2.95. The molecule has 0 bridgehead atoms. The molecule has 0 N–H and O–H groups in total. The van der Waals surface area contributed by atoms with Crippen LogP contribution in [0.5, 0.6) is 0 Å². The highest BCUT2D eigenvalue weighted by Crippen LogP contribution is 2.14. The summed E-state index contributed by atoms with van der Waals surface area (Å²) < 4.78 is 0. The highest BCUT2D eigenvalue weighted by Gasteiger charge is 1.99. The summed E-state index contributed by atoms with van der Waals surface area (Å²) in [4.78, 5) is 0. The van der Waals surface area contributed by atoms with Crippen molar-refractivity contribution >= 4 is 0 Å². The summed E-state index contributed by atoms with van der Waals surface area (Å²) in [6.45, 7) is 8.08. The van der Waals surface area contributed by atoms with Gasteiger partial charge in [0.05, 0.1) is 0 Å². The van der Waals surface area contributed by atoms with Gasteiger partial charge in [-0.2, -0.15) is 0 Å². The van der Waals surface area contributed by atoms with Gasteiger partial charge >= 0.3 is 0 Å². The lowest BCUT2D eigenvalue weighted by atomic mass is 9.98. The van der Waals surface area contributed by atoms with Crippen LogP contribution in [0, 0.1) is 5.92 Å². The van der Waals surface area contributed by atoms with Crippen LogP contribution in [0.25, 0.3) is 0 Å². The van der Waals surface area contributed by atoms with E-state index in [-0.39, 0.29) is 0 Å². The van der Waals surface area contributed by atoms with E-state index in [4.69, 9.17) is 0 Å². The molecule has 0 heteroatoms. The SMILES string of the molecule is C=CCC(C=CC)CCCC. The van der Waals surface area contributed by atoms with Gasteiger partial charge in [-0.15, -0.1) is 6.58 Å². The maximum absolute atomic E-state index is 3.76. The molecular weight excluding hydrogens is 132 g/mol. The molecule has 0 aliphatic heterocycles. The maximum atomic E-state index is 3.76. The molecule has 0 aromatic carbocycles. The fourth-order valence-electron chi connectivity index (χ4n) is 1.25. The minimum atomic E-state index is 0.734. The van der Waals surface area contributed by atoms with Crippen molar-refractivity contribution in [2.24, 2.45) is 5.92 Å². The van der Waals surface area contributed by atoms with Crippen molar-refractivity contribution < 1.29 is 0 Å². The second-order valence-electron chi connectivity index (χ2n) is 2.95. The van der Waals surface area contributed by atoms with E-state index in [0.717, 1.165) is 12.3 Å². The van der Waals surface area contributed by atoms with E-state index in [1.165, 1.54) is 19.3 Å². The lowest BCUT2D eigenvalue weighted by Gasteiger charge is -2.07. The van der Waals surface area contributed by atoms with E-state index in [2.05, 4.69) is 32.6 Å². The van der Waals surface area contributed by atoms with Crippen molar-refractivity contribution in [1.82, 2.24) is 0 Å². The molecule has 0 saturated carbocycles. The zero-order valence-electron chi connectivity index (χ0n) is 7.84. The summed E-state index contributed by atoms with van der Waals surface area (Å²) in [5.74, 6) is 0.734. The van der Waals surface area contributed by atoms with E-state index in [1.807, 2.05) is 6.08 Å². The van der Waals surface area contributed by atoms with E-state index in [1.54, 1.807) is 0 Å². The minimum absolute atomic E-state index is 0.734. The largest absolute Gasteiger partial charge is 0.103 e. The molecule has 0 aromatic heterocycles. The maximum Gasteiger partial charge on any atom is -0.0199 e. The molecule has 11 heavy (non-hydrogen) atoms. The predicted molar refractivity (Wildman–Crippen MR) is 52.6 cm³/mol. The van der Waals surface area contributed by atoms with Crippen LogP contribution in [0.15, 0.2) is 24.8 Å². The van der Waals surface area contributed by atoms with Crippen molar-refractivity contribution in [3.63, 3.8) is 0 Å². The van der Waals surface area contributed by atoms with E-state index in [9.17, 15) is 0 Å². The Morgan fingerprint density at radius 1 is 1.45 bits per heavy atom. The molecular formula is C11H20. The van der Waals surface area contributed by atoms with Gasteiger partial charge in [0.25, 0.3) is 0 Å². The lowest BCUT2D eigenvalue weighted by molar-refractivity contribution is 0.561. The van der Waals surface area contributed by atoms with Gasteiger partial charge in [-0.05, 0) is 25.7 Å². The Hall–Kier alpha value is -0.520. The standard InChI is InChI=1S/C11H20/c1-4-7-10-11(8-5-2)9-6-3/h5-6,9,11H,2,4,7-8,10H2,1,3H3. The van der Waals surface area contributed by atoms with Crippen LogP contribution in [0.4, 0.5) is 0 Å². The van der Waals surface area contributed by atoms with Crippen LogP contribution < -0.4 is 0 Å². The summed E-state index contributed by atoms with van der Waals surface area (Å²) >= 11 is 0. The molecule has 0 nitrogen and oxygen atoms in total. The van der Waals surface area contributed by atoms with Crippen LogP contribution in [0.1, 0.15) is 39.5 Å². The first kappa shape index (κ1) is 10.5. The molecule has 0 aliphatic rings. The van der Waals surface area contributed by atoms with E-state index < -0.39 is 0 Å². The first-order chi connectivity index (χ1) is 5.35. The van der Waals surface area contributed by atoms with Gasteiger partial charge in [0, 0.05) is 0 Å². The lowest BCUT2D eigenvalue weighted by Crippen LogP contribution is -1.93. The highest BCUT2D eigenvalue weighted by atomic mass is 14.0. The molecule has 1 unspecified atom stereocenters. The average Bonchev–Trinajstić information content (AvgIpc) is 2.01. The molecule has 0 spiro atoms. The molecule has 64 valence electrons. The summed E-state index contributed by atoms with van der Waals surface area (Å²) in [6.07, 6.45) is 11.5. The Kier molecular flexibility index (Phi) is 7.23. The minimum Gasteiger partial charge on any atom is -0.103 e. The van der Waals surface area contributed by atoms with Crippen LogP contribution in [-0.4, -0.2) is 0 Å². The van der Waals surface area contributed by atoms with Crippen molar-refractivity contribution in [1.29, 1.82) is 0 Å². The van der Waals surface area contributed by atoms with E-state index >= 15 is 0 Å². The summed E-state index contributed by atoms with van der Waals surface area (Å²) in [5.41, 5.74) is 0. The molecule has 0 saturated heterocycles. The normalized spacial score (nSPS) is 13.6. The van der Waals surface area contributed by atoms with Gasteiger partial charge in [0.1, 0.15) is 0 Å². The third-order valence-electron chi connectivity index (χ3n) is 1.86. The summed E-state index contributed by atoms with van der Waals surface area (Å²) in [5, 5.41) is 0. The van der Waals surface area contributed by atoms with Crippen molar-refractivity contribution in [2.45, 2.75) is 39.5 Å². The van der Waals surface area contributed by atoms with Gasteiger partial charge in [0.15, 0.2) is 0 Å². The first-order valence-corrected chi connectivity index (χ1v) is 4.58. The number of hydrogen-bond donors (Lipinski definition) is 0. The molecule has 0 rings (SSSR count). The number of rotatable bonds is 6. The van der Waals surface area contributed by atoms with Crippen molar-refractivity contribution in [3.05, 3.63) is 24.8 Å². The smallest absolute Gasteiger partial charge is 0.0199 e. The molecule has 0 aromatic rings. The second kappa shape index (κ2) is 7.59. The quantitative estimate of drug-likeness (QED) is 0.506. The zero-order valence-corrected chi connectivity index (χ0v) is 7.84. The Balaban J connectivity index is 3.59. The summed E-state index contributed by atoms with van der Waals surface area (Å²) in [7, 11) is 0. The molecule has 1 atom stereocenters. The van der Waals surface area contributed by atoms with Crippen LogP contribution in [0.3, 0.4) is 0 Å². The number of allylic oxidation sites excluding steroid dienone is 3. The zero-order chi connectivity index (χ0) is 8.53. The van der Waals surface area contributed by atoms with Gasteiger partial charge in [-0.3, -0.25) is 0 Å². The molecule has 0 amide bonds. The Morgan fingerprint density at radius 2 is 2.18 bits per heavy atom. The van der Waals surface area contributed by atoms with Crippen molar-refractivity contribution in [2.75, 3.05) is 0 Å². The fraction of sp³-hybridized carbons (Fsp3) is 0.636. The predicted octanol–water partition coefficient (Wildman–Crippen LogP) is 3.95. The highest BCUT2D eigenvalue weighted by molar-refractivity contribution is 4.89. The average molecular weight is 152 g/mol. The third-order valence-corrected chi connectivity index (χ3v) is 1.86. The molecule has 0 heterocycles. The number of unbranched alkanes of at least 4 members (excludes halogenated alkanes) is 1. The monoisotopic (exact) mass is 152 g/mol. The summed E-state index contributed by atoms with van der Waals surface area (Å²) in [6, 6.07) is 0. The Bertz CT molecular complexity index is 111.